The summed E-state index contributed by atoms with van der Waals surface area (Å²) in [7, 11) is 1.86. The van der Waals surface area contributed by atoms with Crippen LogP contribution in [0.5, 0.6) is 0 Å². The molecule has 0 radical (unpaired) electrons. The van der Waals surface area contributed by atoms with Crippen molar-refractivity contribution < 1.29 is 4.39 Å². The summed E-state index contributed by atoms with van der Waals surface area (Å²) in [5.74, 6) is 0.136. The van der Waals surface area contributed by atoms with E-state index in [-0.39, 0.29) is 0 Å². The summed E-state index contributed by atoms with van der Waals surface area (Å²) in [5, 5.41) is 0. The maximum atomic E-state index is 12.9. The van der Waals surface area contributed by atoms with Gasteiger partial charge in [0.05, 0.1) is 0 Å². The number of nitrogens with zero attached hydrogens (tertiary/aromatic N) is 2. The molecule has 1 aromatic heterocycles. The van der Waals surface area contributed by atoms with E-state index >= 15 is 0 Å². The molecule has 0 amide bonds. The molecular weight excluding hydrogens is 191 g/mol. The predicted molar refractivity (Wildman–Crippen MR) is 58.7 cm³/mol. The second kappa shape index (κ2) is 4.09. The average molecular weight is 202 g/mol. The van der Waals surface area contributed by atoms with Crippen molar-refractivity contribution in [3.63, 3.8) is 0 Å². The number of benzene rings is 1. The van der Waals surface area contributed by atoms with Crippen molar-refractivity contribution in [1.82, 2.24) is 4.98 Å². The van der Waals surface area contributed by atoms with Gasteiger partial charge in [0.25, 0.3) is 0 Å². The van der Waals surface area contributed by atoms with Crippen molar-refractivity contribution in [2.24, 2.45) is 0 Å². The highest BCUT2D eigenvalue weighted by molar-refractivity contribution is 5.58. The SMILES string of the molecule is CN(c1ccccc1)c1cccc(F)n1. The second-order valence-electron chi connectivity index (χ2n) is 3.21. The molecule has 0 saturated carbocycles. The Morgan fingerprint density at radius 1 is 1.00 bits per heavy atom. The molecule has 0 fully saturated rings. The number of para-hydroxylation sites is 1. The van der Waals surface area contributed by atoms with E-state index in [0.29, 0.717) is 5.82 Å². The van der Waals surface area contributed by atoms with Crippen LogP contribution in [-0.4, -0.2) is 12.0 Å². The molecule has 0 atom stereocenters. The Bertz CT molecular complexity index is 442. The van der Waals surface area contributed by atoms with Crippen molar-refractivity contribution in [1.29, 1.82) is 0 Å². The molecule has 2 aromatic rings. The zero-order valence-electron chi connectivity index (χ0n) is 8.39. The van der Waals surface area contributed by atoms with E-state index < -0.39 is 5.95 Å². The Morgan fingerprint density at radius 3 is 2.40 bits per heavy atom. The van der Waals surface area contributed by atoms with Crippen molar-refractivity contribution >= 4 is 11.5 Å². The van der Waals surface area contributed by atoms with E-state index in [2.05, 4.69) is 4.98 Å². The molecule has 0 aliphatic heterocycles. The molecule has 0 bridgehead atoms. The van der Waals surface area contributed by atoms with Gasteiger partial charge in [-0.25, -0.2) is 4.98 Å². The molecule has 0 unspecified atom stereocenters. The van der Waals surface area contributed by atoms with Crippen molar-refractivity contribution in [2.45, 2.75) is 0 Å². The Morgan fingerprint density at radius 2 is 1.73 bits per heavy atom. The minimum atomic E-state index is -0.463. The number of anilines is 2. The van der Waals surface area contributed by atoms with Crippen LogP contribution < -0.4 is 4.90 Å². The van der Waals surface area contributed by atoms with Gasteiger partial charge in [0, 0.05) is 12.7 Å². The lowest BCUT2D eigenvalue weighted by molar-refractivity contribution is 0.584. The highest BCUT2D eigenvalue weighted by atomic mass is 19.1. The van der Waals surface area contributed by atoms with Crippen LogP contribution in [0.1, 0.15) is 0 Å². The first-order valence-electron chi connectivity index (χ1n) is 4.69. The second-order valence-corrected chi connectivity index (χ2v) is 3.21. The summed E-state index contributed by atoms with van der Waals surface area (Å²) < 4.78 is 12.9. The normalized spacial score (nSPS) is 10.0. The smallest absolute Gasteiger partial charge is 0.214 e. The van der Waals surface area contributed by atoms with Gasteiger partial charge < -0.3 is 4.90 Å². The van der Waals surface area contributed by atoms with Crippen molar-refractivity contribution in [3.8, 4) is 0 Å². The number of halogens is 1. The van der Waals surface area contributed by atoms with Crippen LogP contribution in [0.15, 0.2) is 48.5 Å². The molecule has 0 aliphatic rings. The molecule has 2 nitrogen and oxygen atoms in total. The molecule has 0 aliphatic carbocycles. The quantitative estimate of drug-likeness (QED) is 0.696. The first kappa shape index (κ1) is 9.65. The number of hydrogen-bond acceptors (Lipinski definition) is 2. The van der Waals surface area contributed by atoms with Crippen LogP contribution in [-0.2, 0) is 0 Å². The van der Waals surface area contributed by atoms with Gasteiger partial charge in [-0.05, 0) is 24.3 Å². The number of rotatable bonds is 2. The minimum Gasteiger partial charge on any atom is -0.329 e. The van der Waals surface area contributed by atoms with E-state index in [0.717, 1.165) is 5.69 Å². The zero-order chi connectivity index (χ0) is 10.7. The highest BCUT2D eigenvalue weighted by Crippen LogP contribution is 2.20. The van der Waals surface area contributed by atoms with Crippen LogP contribution in [0, 0.1) is 5.95 Å². The standard InChI is InChI=1S/C12H11FN2/c1-15(10-6-3-2-4-7-10)12-9-5-8-11(13)14-12/h2-9H,1H3. The molecule has 15 heavy (non-hydrogen) atoms. The van der Waals surface area contributed by atoms with Crippen LogP contribution in [0.4, 0.5) is 15.9 Å². The van der Waals surface area contributed by atoms with Gasteiger partial charge in [-0.3, -0.25) is 0 Å². The molecule has 0 N–H and O–H groups in total. The Kier molecular flexibility index (Phi) is 2.63. The molecule has 1 heterocycles. The third-order valence-corrected chi connectivity index (χ3v) is 2.19. The topological polar surface area (TPSA) is 16.1 Å². The summed E-state index contributed by atoms with van der Waals surface area (Å²) in [6.07, 6.45) is 0. The molecule has 3 heteroatoms. The lowest BCUT2D eigenvalue weighted by Gasteiger charge is -2.17. The average Bonchev–Trinajstić information content (AvgIpc) is 2.29. The zero-order valence-corrected chi connectivity index (χ0v) is 8.39. The van der Waals surface area contributed by atoms with Gasteiger partial charge in [0.15, 0.2) is 0 Å². The third-order valence-electron chi connectivity index (χ3n) is 2.19. The molecule has 76 valence electrons. The predicted octanol–water partition coefficient (Wildman–Crippen LogP) is 2.99. The largest absolute Gasteiger partial charge is 0.329 e. The molecule has 2 rings (SSSR count). The van der Waals surface area contributed by atoms with Crippen molar-refractivity contribution in [3.05, 3.63) is 54.5 Å². The van der Waals surface area contributed by atoms with Crippen LogP contribution in [0.25, 0.3) is 0 Å². The van der Waals surface area contributed by atoms with Crippen LogP contribution in [0.2, 0.25) is 0 Å². The summed E-state index contributed by atoms with van der Waals surface area (Å²) in [6, 6.07) is 14.5. The lowest BCUT2D eigenvalue weighted by Crippen LogP contribution is -2.11. The number of aromatic nitrogens is 1. The Hall–Kier alpha value is -1.90. The lowest BCUT2D eigenvalue weighted by atomic mass is 10.3. The fourth-order valence-corrected chi connectivity index (χ4v) is 1.37. The van der Waals surface area contributed by atoms with Crippen molar-refractivity contribution in [2.75, 3.05) is 11.9 Å². The minimum absolute atomic E-state index is 0.463. The highest BCUT2D eigenvalue weighted by Gasteiger charge is 2.04. The van der Waals surface area contributed by atoms with E-state index in [1.807, 2.05) is 42.3 Å². The molecule has 0 saturated heterocycles. The molecular formula is C12H11FN2. The number of hydrogen-bond donors (Lipinski definition) is 0. The monoisotopic (exact) mass is 202 g/mol. The fraction of sp³-hybridized carbons (Fsp3) is 0.0833. The van der Waals surface area contributed by atoms with Gasteiger partial charge in [-0.1, -0.05) is 24.3 Å². The summed E-state index contributed by atoms with van der Waals surface area (Å²) >= 11 is 0. The summed E-state index contributed by atoms with van der Waals surface area (Å²) in [5.41, 5.74) is 0.982. The van der Waals surface area contributed by atoms with Gasteiger partial charge >= 0.3 is 0 Å². The first-order valence-corrected chi connectivity index (χ1v) is 4.69. The number of pyridine rings is 1. The third kappa shape index (κ3) is 2.13. The first-order chi connectivity index (χ1) is 7.27. The Balaban J connectivity index is 2.32. The van der Waals surface area contributed by atoms with E-state index in [1.165, 1.54) is 6.07 Å². The van der Waals surface area contributed by atoms with Crippen LogP contribution in [0.3, 0.4) is 0 Å². The maximum Gasteiger partial charge on any atom is 0.214 e. The fourth-order valence-electron chi connectivity index (χ4n) is 1.37. The Labute approximate surface area is 88.0 Å². The molecule has 0 spiro atoms. The molecule has 1 aromatic carbocycles. The van der Waals surface area contributed by atoms with E-state index in [4.69, 9.17) is 0 Å². The maximum absolute atomic E-state index is 12.9. The van der Waals surface area contributed by atoms with E-state index in [9.17, 15) is 4.39 Å². The van der Waals surface area contributed by atoms with Crippen LogP contribution >= 0.6 is 0 Å². The van der Waals surface area contributed by atoms with Gasteiger partial charge in [0.1, 0.15) is 5.82 Å². The van der Waals surface area contributed by atoms with Gasteiger partial charge in [-0.15, -0.1) is 0 Å². The van der Waals surface area contributed by atoms with E-state index in [1.54, 1.807) is 12.1 Å². The van der Waals surface area contributed by atoms with Gasteiger partial charge in [-0.2, -0.15) is 4.39 Å². The summed E-state index contributed by atoms with van der Waals surface area (Å²) in [6.45, 7) is 0. The van der Waals surface area contributed by atoms with Gasteiger partial charge in [0.2, 0.25) is 5.95 Å². The summed E-state index contributed by atoms with van der Waals surface area (Å²) in [4.78, 5) is 5.65.